The Morgan fingerprint density at radius 1 is 0.703 bits per heavy atom. The Morgan fingerprint density at radius 3 is 1.85 bits per heavy atom. The Bertz CT molecular complexity index is 2330. The fourth-order valence-electron chi connectivity index (χ4n) is 7.84. The van der Waals surface area contributed by atoms with Crippen molar-refractivity contribution in [1.82, 2.24) is 52.1 Å². The van der Waals surface area contributed by atoms with E-state index in [-0.39, 0.29) is 38.6 Å². The van der Waals surface area contributed by atoms with Gasteiger partial charge in [0.05, 0.1) is 25.2 Å². The summed E-state index contributed by atoms with van der Waals surface area (Å²) < 4.78 is 0. The van der Waals surface area contributed by atoms with E-state index in [1.807, 2.05) is 0 Å². The van der Waals surface area contributed by atoms with E-state index in [1.54, 1.807) is 58.0 Å². The molecule has 27 nitrogen and oxygen atoms in total. The molecule has 0 spiro atoms. The standard InChI is InChI=1S/C47H69N13O14/c1-6-24(4)38(59-41(67)29(14-15-36(63)64)54-40(66)28(48)19-34(49)61)45(71)55-30(18-27-21-51-22-52-27)42(68)56-31(20-35(50)62)46(72)60-16-10-13-33(60)43(69)53-25(5)39(65)58-37(23(2)3)44(70)57-32(47(73)74)17-26-11-8-7-9-12-26/h7-9,11-12,21-25,28-33,37-38H,6,10,13-20,48H2,1-5H3,(H2,49,61)(H2,50,62)(H,51,52)(H,53,69)(H,54,66)(H,55,71)(H,56,68)(H,57,70)(H,58,65)(H,59,67)(H,63,64)(H,73,74)/t24-,25-,28-,29-,30-,31-,32-,33-,37-,38-/m0/s1. The molecule has 16 N–H and O–H groups in total. The summed E-state index contributed by atoms with van der Waals surface area (Å²) in [5.74, 6) is -12.9. The number of carbonyl (C=O) groups is 12. The number of likely N-dealkylation sites (tertiary alicyclic amines) is 1. The first-order valence-electron chi connectivity index (χ1n) is 24.0. The third-order valence-electron chi connectivity index (χ3n) is 12.2. The number of nitrogens with one attached hydrogen (secondary N) is 8. The molecule has 0 unspecified atom stereocenters. The number of rotatable bonds is 30. The third kappa shape index (κ3) is 18.9. The number of nitrogens with two attached hydrogens (primary N) is 3. The highest BCUT2D eigenvalue weighted by Gasteiger charge is 2.41. The zero-order valence-electron chi connectivity index (χ0n) is 41.9. The summed E-state index contributed by atoms with van der Waals surface area (Å²) in [6.07, 6.45) is 0.583. The molecule has 0 bridgehead atoms. The minimum atomic E-state index is -1.69. The second-order valence-corrected chi connectivity index (χ2v) is 18.5. The van der Waals surface area contributed by atoms with Crippen LogP contribution < -0.4 is 54.4 Å². The van der Waals surface area contributed by atoms with Crippen LogP contribution in [0.1, 0.15) is 90.8 Å². The number of hydrogen-bond donors (Lipinski definition) is 13. The Labute approximate surface area is 426 Å². The lowest BCUT2D eigenvalue weighted by Gasteiger charge is -2.31. The van der Waals surface area contributed by atoms with Gasteiger partial charge in [0.2, 0.25) is 59.1 Å². The van der Waals surface area contributed by atoms with Crippen molar-refractivity contribution in [3.63, 3.8) is 0 Å². The van der Waals surface area contributed by atoms with Gasteiger partial charge in [-0.05, 0) is 43.6 Å². The zero-order chi connectivity index (χ0) is 55.4. The first kappa shape index (κ1) is 60.3. The predicted octanol–water partition coefficient (Wildman–Crippen LogP) is -3.67. The van der Waals surface area contributed by atoms with Gasteiger partial charge in [-0.15, -0.1) is 0 Å². The van der Waals surface area contributed by atoms with E-state index >= 15 is 0 Å². The Kier molecular flexibility index (Phi) is 23.6. The molecule has 1 saturated heterocycles. The summed E-state index contributed by atoms with van der Waals surface area (Å²) in [5.41, 5.74) is 17.4. The molecule has 1 fully saturated rings. The fraction of sp³-hybridized carbons (Fsp3) is 0.553. The quantitative estimate of drug-likeness (QED) is 0.0359. The van der Waals surface area contributed by atoms with Crippen LogP contribution in [0, 0.1) is 11.8 Å². The van der Waals surface area contributed by atoms with Crippen LogP contribution in [0.2, 0.25) is 0 Å². The average Bonchev–Trinajstić information content (AvgIpc) is 4.05. The number of aromatic amines is 1. The number of carboxylic acids is 2. The minimum absolute atomic E-state index is 0.0263. The van der Waals surface area contributed by atoms with Crippen LogP contribution in [0.4, 0.5) is 0 Å². The molecule has 1 aliphatic rings. The summed E-state index contributed by atoms with van der Waals surface area (Å²) in [6, 6.07) is -4.13. The van der Waals surface area contributed by atoms with Crippen LogP contribution in [-0.2, 0) is 70.4 Å². The van der Waals surface area contributed by atoms with Crippen LogP contribution in [0.25, 0.3) is 0 Å². The Balaban J connectivity index is 1.80. The van der Waals surface area contributed by atoms with Crippen LogP contribution in [0.15, 0.2) is 42.9 Å². The third-order valence-corrected chi connectivity index (χ3v) is 12.2. The van der Waals surface area contributed by atoms with E-state index < -0.39 is 163 Å². The highest BCUT2D eigenvalue weighted by Crippen LogP contribution is 2.20. The molecule has 27 heteroatoms. The molecular weight excluding hydrogens is 971 g/mol. The van der Waals surface area contributed by atoms with Gasteiger partial charge >= 0.3 is 11.9 Å². The van der Waals surface area contributed by atoms with Crippen LogP contribution in [0.3, 0.4) is 0 Å². The number of carboxylic acid groups (broad SMARTS) is 2. The number of aliphatic carboxylic acids is 2. The summed E-state index contributed by atoms with van der Waals surface area (Å²) >= 11 is 0. The number of amides is 10. The number of H-pyrrole nitrogens is 1. The van der Waals surface area contributed by atoms with Crippen LogP contribution in [-0.4, -0.2) is 157 Å². The highest BCUT2D eigenvalue weighted by atomic mass is 16.4. The monoisotopic (exact) mass is 1040 g/mol. The Morgan fingerprint density at radius 2 is 1.28 bits per heavy atom. The SMILES string of the molecule is CC[C@H](C)[C@H](NC(=O)[C@H](CCC(=O)O)NC(=O)[C@@H](N)CC(N)=O)C(=O)N[C@@H](Cc1cnc[nH]1)C(=O)N[C@@H](CC(N)=O)C(=O)N1CCC[C@H]1C(=O)N[C@@H](C)C(=O)N[C@H](C(=O)N[C@@H](Cc1ccccc1)C(=O)O)C(C)C. The number of benzene rings is 1. The summed E-state index contributed by atoms with van der Waals surface area (Å²) in [6.45, 7) is 7.85. The maximum absolute atomic E-state index is 14.3. The lowest BCUT2D eigenvalue weighted by Crippen LogP contribution is -2.61. The van der Waals surface area contributed by atoms with Gasteiger partial charge in [0.1, 0.15) is 48.3 Å². The molecule has 1 aromatic heterocycles. The van der Waals surface area contributed by atoms with E-state index in [0.717, 1.165) is 4.90 Å². The van der Waals surface area contributed by atoms with Gasteiger partial charge in [-0.2, -0.15) is 0 Å². The fourth-order valence-corrected chi connectivity index (χ4v) is 7.84. The molecule has 0 aliphatic carbocycles. The predicted molar refractivity (Wildman–Crippen MR) is 261 cm³/mol. The van der Waals surface area contributed by atoms with E-state index in [1.165, 1.54) is 19.4 Å². The number of carbonyl (C=O) groups excluding carboxylic acids is 10. The maximum atomic E-state index is 14.3. The smallest absolute Gasteiger partial charge is 0.326 e. The topological polar surface area (TPSA) is 439 Å². The van der Waals surface area contributed by atoms with Gasteiger partial charge in [0.25, 0.3) is 0 Å². The van der Waals surface area contributed by atoms with Crippen molar-refractivity contribution in [2.45, 2.75) is 147 Å². The largest absolute Gasteiger partial charge is 0.481 e. The summed E-state index contributed by atoms with van der Waals surface area (Å²) in [4.78, 5) is 165. The van der Waals surface area contributed by atoms with Crippen molar-refractivity contribution >= 4 is 71.0 Å². The maximum Gasteiger partial charge on any atom is 0.326 e. The normalized spacial score (nSPS) is 16.8. The van der Waals surface area contributed by atoms with E-state index in [0.29, 0.717) is 11.3 Å². The second kappa shape index (κ2) is 28.9. The number of primary amides is 2. The number of nitrogens with zero attached hydrogens (tertiary/aromatic N) is 2. The number of hydrogen-bond acceptors (Lipinski definition) is 14. The molecule has 0 saturated carbocycles. The van der Waals surface area contributed by atoms with E-state index in [4.69, 9.17) is 17.2 Å². The number of imidazole rings is 1. The van der Waals surface area contributed by atoms with E-state index in [9.17, 15) is 67.7 Å². The Hall–Kier alpha value is -7.97. The summed E-state index contributed by atoms with van der Waals surface area (Å²) in [5, 5.41) is 36.5. The van der Waals surface area contributed by atoms with Gasteiger partial charge in [0, 0.05) is 37.7 Å². The van der Waals surface area contributed by atoms with Crippen molar-refractivity contribution < 1.29 is 67.7 Å². The lowest BCUT2D eigenvalue weighted by molar-refractivity contribution is -0.143. The van der Waals surface area contributed by atoms with Gasteiger partial charge in [-0.25, -0.2) is 9.78 Å². The number of aromatic nitrogens is 2. The molecule has 10 atom stereocenters. The molecular formula is C47H69N13O14. The molecule has 1 aliphatic heterocycles. The molecule has 2 heterocycles. The van der Waals surface area contributed by atoms with Crippen molar-refractivity contribution in [2.75, 3.05) is 6.54 Å². The van der Waals surface area contributed by atoms with Crippen molar-refractivity contribution in [1.29, 1.82) is 0 Å². The molecule has 0 radical (unpaired) electrons. The molecule has 3 rings (SSSR count). The zero-order valence-corrected chi connectivity index (χ0v) is 41.9. The van der Waals surface area contributed by atoms with Gasteiger partial charge < -0.3 is 74.5 Å². The highest BCUT2D eigenvalue weighted by molar-refractivity contribution is 5.99. The molecule has 2 aromatic rings. The first-order chi connectivity index (χ1) is 34.8. The van der Waals surface area contributed by atoms with Crippen molar-refractivity contribution in [3.8, 4) is 0 Å². The second-order valence-electron chi connectivity index (χ2n) is 18.5. The molecule has 1 aromatic carbocycles. The minimum Gasteiger partial charge on any atom is -0.481 e. The average molecular weight is 1040 g/mol. The lowest BCUT2D eigenvalue weighted by atomic mass is 9.96. The summed E-state index contributed by atoms with van der Waals surface area (Å²) in [7, 11) is 0. The van der Waals surface area contributed by atoms with Crippen LogP contribution >= 0.6 is 0 Å². The van der Waals surface area contributed by atoms with Crippen molar-refractivity contribution in [3.05, 3.63) is 54.1 Å². The molecule has 406 valence electrons. The van der Waals surface area contributed by atoms with E-state index in [2.05, 4.69) is 47.2 Å². The van der Waals surface area contributed by atoms with Gasteiger partial charge in [-0.3, -0.25) is 52.7 Å². The van der Waals surface area contributed by atoms with Crippen LogP contribution in [0.5, 0.6) is 0 Å². The van der Waals surface area contributed by atoms with Crippen molar-refractivity contribution in [2.24, 2.45) is 29.0 Å². The molecule has 74 heavy (non-hydrogen) atoms. The molecule has 10 amide bonds. The van der Waals surface area contributed by atoms with Gasteiger partial charge in [0.15, 0.2) is 0 Å². The first-order valence-corrected chi connectivity index (χ1v) is 24.0. The van der Waals surface area contributed by atoms with Gasteiger partial charge in [-0.1, -0.05) is 64.4 Å².